The minimum absolute atomic E-state index is 0.287. The Balaban J connectivity index is 1.22. The van der Waals surface area contributed by atoms with E-state index < -0.39 is 0 Å². The monoisotopic (exact) mass is 506 g/mol. The molecule has 0 aliphatic heterocycles. The first-order chi connectivity index (χ1) is 18.0. The van der Waals surface area contributed by atoms with Crippen molar-refractivity contribution >= 4 is 51.0 Å². The lowest BCUT2D eigenvalue weighted by molar-refractivity contribution is 0.101. The van der Waals surface area contributed by atoms with Crippen molar-refractivity contribution in [3.8, 4) is 11.3 Å². The molecule has 0 spiro atoms. The van der Waals surface area contributed by atoms with Gasteiger partial charge in [0.05, 0.1) is 17.1 Å². The number of pyridine rings is 1. The fraction of sp³-hybridized carbons (Fsp3) is 0. The first-order valence-electron chi connectivity index (χ1n) is 11.4. The number of nitrogen functional groups attached to an aromatic ring is 1. The zero-order chi connectivity index (χ0) is 25.6. The molecule has 0 aliphatic rings. The van der Waals surface area contributed by atoms with Crippen molar-refractivity contribution in [2.45, 2.75) is 0 Å². The van der Waals surface area contributed by atoms with Gasteiger partial charge in [0.2, 0.25) is 0 Å². The molecule has 0 bridgehead atoms. The summed E-state index contributed by atoms with van der Waals surface area (Å²) >= 11 is 1.48. The molecule has 0 radical (unpaired) electrons. The van der Waals surface area contributed by atoms with Crippen LogP contribution in [0.2, 0.25) is 0 Å². The normalized spacial score (nSPS) is 10.5. The third-order valence-corrected chi connectivity index (χ3v) is 6.21. The van der Waals surface area contributed by atoms with Crippen molar-refractivity contribution in [2.75, 3.05) is 21.7 Å². The summed E-state index contributed by atoms with van der Waals surface area (Å²) in [6, 6.07) is 24.6. The molecule has 5 N–H and O–H groups in total. The highest BCUT2D eigenvalue weighted by Crippen LogP contribution is 2.27. The van der Waals surface area contributed by atoms with Gasteiger partial charge in [0.15, 0.2) is 5.13 Å². The third kappa shape index (κ3) is 5.80. The Morgan fingerprint density at radius 1 is 0.784 bits per heavy atom. The van der Waals surface area contributed by atoms with E-state index in [-0.39, 0.29) is 11.8 Å². The second-order valence-electron chi connectivity index (χ2n) is 8.06. The van der Waals surface area contributed by atoms with Crippen molar-refractivity contribution in [3.05, 3.63) is 114 Å². The molecule has 5 rings (SSSR count). The summed E-state index contributed by atoms with van der Waals surface area (Å²) in [5.74, 6) is -0.595. The fourth-order valence-corrected chi connectivity index (χ4v) is 4.30. The maximum Gasteiger partial charge on any atom is 0.255 e. The summed E-state index contributed by atoms with van der Waals surface area (Å²) in [5.41, 5.74) is 10.9. The smallest absolute Gasteiger partial charge is 0.255 e. The molecule has 2 heterocycles. The van der Waals surface area contributed by atoms with Crippen LogP contribution in [-0.4, -0.2) is 21.8 Å². The van der Waals surface area contributed by atoms with Crippen molar-refractivity contribution in [2.24, 2.45) is 0 Å². The number of benzene rings is 3. The second kappa shape index (κ2) is 10.7. The van der Waals surface area contributed by atoms with Gasteiger partial charge in [0.1, 0.15) is 0 Å². The number of nitrogens with zero attached hydrogens (tertiary/aromatic N) is 2. The van der Waals surface area contributed by atoms with Gasteiger partial charge in [-0.1, -0.05) is 18.2 Å². The number of carbonyl (C=O) groups excluding carboxylic acids is 2. The minimum Gasteiger partial charge on any atom is -0.397 e. The second-order valence-corrected chi connectivity index (χ2v) is 8.92. The minimum atomic E-state index is -0.308. The zero-order valence-corrected chi connectivity index (χ0v) is 20.3. The molecule has 2 amide bonds. The van der Waals surface area contributed by atoms with E-state index in [2.05, 4.69) is 25.9 Å². The van der Waals surface area contributed by atoms with Gasteiger partial charge in [-0.05, 0) is 66.7 Å². The Kier molecular flexibility index (Phi) is 6.87. The van der Waals surface area contributed by atoms with Gasteiger partial charge in [-0.25, -0.2) is 4.98 Å². The number of hydrogen-bond acceptors (Lipinski definition) is 7. The van der Waals surface area contributed by atoms with E-state index >= 15 is 0 Å². The van der Waals surface area contributed by atoms with E-state index in [1.807, 2.05) is 35.7 Å². The van der Waals surface area contributed by atoms with Crippen LogP contribution in [0.4, 0.5) is 27.9 Å². The maximum absolute atomic E-state index is 12.8. The molecule has 0 unspecified atom stereocenters. The van der Waals surface area contributed by atoms with Crippen LogP contribution in [0.5, 0.6) is 0 Å². The average Bonchev–Trinajstić information content (AvgIpc) is 3.39. The standard InChI is InChI=1S/C28H22N6O2S/c29-23-8-1-2-9-24(23)33-27(36)19-12-10-18(11-13-19)26(35)31-21-6-3-7-22(15-21)32-28-34-25(17-37-28)20-5-4-14-30-16-20/h1-17H,29H2,(H,31,35)(H,32,34)(H,33,36). The largest absolute Gasteiger partial charge is 0.397 e. The van der Waals surface area contributed by atoms with Crippen molar-refractivity contribution in [1.29, 1.82) is 0 Å². The highest BCUT2D eigenvalue weighted by molar-refractivity contribution is 7.14. The molecule has 8 nitrogen and oxygen atoms in total. The van der Waals surface area contributed by atoms with Crippen LogP contribution in [0.15, 0.2) is 103 Å². The molecule has 9 heteroatoms. The van der Waals surface area contributed by atoms with Crippen LogP contribution in [0.1, 0.15) is 20.7 Å². The van der Waals surface area contributed by atoms with E-state index in [4.69, 9.17) is 5.73 Å². The predicted molar refractivity (Wildman–Crippen MR) is 148 cm³/mol. The van der Waals surface area contributed by atoms with Crippen LogP contribution in [0.25, 0.3) is 11.3 Å². The number of thiazole rings is 1. The molecular formula is C28H22N6O2S. The number of aromatic nitrogens is 2. The first-order valence-corrected chi connectivity index (χ1v) is 12.2. The van der Waals surface area contributed by atoms with Crippen molar-refractivity contribution in [1.82, 2.24) is 9.97 Å². The summed E-state index contributed by atoms with van der Waals surface area (Å²) in [5, 5.41) is 11.6. The van der Waals surface area contributed by atoms with Crippen LogP contribution in [-0.2, 0) is 0 Å². The number of carbonyl (C=O) groups is 2. The highest BCUT2D eigenvalue weighted by Gasteiger charge is 2.11. The molecule has 37 heavy (non-hydrogen) atoms. The summed E-state index contributed by atoms with van der Waals surface area (Å²) in [6.07, 6.45) is 3.50. The first kappa shape index (κ1) is 23.7. The van der Waals surface area contributed by atoms with Crippen LogP contribution < -0.4 is 21.7 Å². The van der Waals surface area contributed by atoms with E-state index in [1.165, 1.54) is 11.3 Å². The number of nitrogens with two attached hydrogens (primary N) is 1. The van der Waals surface area contributed by atoms with Gasteiger partial charge in [-0.3, -0.25) is 14.6 Å². The molecule has 0 fully saturated rings. The van der Waals surface area contributed by atoms with Gasteiger partial charge in [-0.2, -0.15) is 0 Å². The molecule has 0 atom stereocenters. The van der Waals surface area contributed by atoms with Crippen LogP contribution in [0, 0.1) is 0 Å². The Hall–Kier alpha value is -5.02. The van der Waals surface area contributed by atoms with Gasteiger partial charge < -0.3 is 21.7 Å². The molecule has 182 valence electrons. The van der Waals surface area contributed by atoms with E-state index in [9.17, 15) is 9.59 Å². The number of anilines is 5. The number of para-hydroxylation sites is 2. The molecule has 0 aliphatic carbocycles. The Bertz CT molecular complexity index is 1550. The zero-order valence-electron chi connectivity index (χ0n) is 19.5. The number of hydrogen-bond donors (Lipinski definition) is 4. The fourth-order valence-electron chi connectivity index (χ4n) is 3.56. The highest BCUT2D eigenvalue weighted by atomic mass is 32.1. The number of rotatable bonds is 7. The lowest BCUT2D eigenvalue weighted by Gasteiger charge is -2.10. The van der Waals surface area contributed by atoms with E-state index in [0.717, 1.165) is 22.1 Å². The Morgan fingerprint density at radius 3 is 2.24 bits per heavy atom. The maximum atomic E-state index is 12.8. The summed E-state index contributed by atoms with van der Waals surface area (Å²) in [7, 11) is 0. The predicted octanol–water partition coefficient (Wildman–Crippen LogP) is 6.04. The van der Waals surface area contributed by atoms with Gasteiger partial charge in [-0.15, -0.1) is 11.3 Å². The summed E-state index contributed by atoms with van der Waals surface area (Å²) in [4.78, 5) is 34.1. The van der Waals surface area contributed by atoms with E-state index in [1.54, 1.807) is 67.0 Å². The molecule has 0 saturated heterocycles. The van der Waals surface area contributed by atoms with Gasteiger partial charge >= 0.3 is 0 Å². The Morgan fingerprint density at radius 2 is 1.51 bits per heavy atom. The molecule has 0 saturated carbocycles. The summed E-state index contributed by atoms with van der Waals surface area (Å²) < 4.78 is 0. The quantitative estimate of drug-likeness (QED) is 0.200. The lowest BCUT2D eigenvalue weighted by atomic mass is 10.1. The van der Waals surface area contributed by atoms with Gasteiger partial charge in [0.25, 0.3) is 11.8 Å². The van der Waals surface area contributed by atoms with Crippen molar-refractivity contribution < 1.29 is 9.59 Å². The number of amides is 2. The van der Waals surface area contributed by atoms with E-state index in [0.29, 0.717) is 28.2 Å². The number of nitrogens with one attached hydrogen (secondary N) is 3. The molecule has 2 aromatic heterocycles. The molecule has 3 aromatic carbocycles. The Labute approximate surface area is 217 Å². The van der Waals surface area contributed by atoms with Crippen LogP contribution >= 0.6 is 11.3 Å². The van der Waals surface area contributed by atoms with Crippen molar-refractivity contribution in [3.63, 3.8) is 0 Å². The average molecular weight is 507 g/mol. The topological polar surface area (TPSA) is 122 Å². The third-order valence-electron chi connectivity index (χ3n) is 5.45. The van der Waals surface area contributed by atoms with Gasteiger partial charge in [0, 0.05) is 45.8 Å². The molecule has 5 aromatic rings. The summed E-state index contributed by atoms with van der Waals surface area (Å²) in [6.45, 7) is 0. The lowest BCUT2D eigenvalue weighted by Crippen LogP contribution is -2.15. The SMILES string of the molecule is Nc1ccccc1NC(=O)c1ccc(C(=O)Nc2cccc(Nc3nc(-c4cccnc4)cs3)c2)cc1. The molecular weight excluding hydrogens is 484 g/mol. The van der Waals surface area contributed by atoms with Crippen LogP contribution in [0.3, 0.4) is 0 Å².